The van der Waals surface area contributed by atoms with Gasteiger partial charge in [-0.1, -0.05) is 6.07 Å². The standard InChI is InChI=1S/C11H15NO3S/c1-11(2,10(13)14)16(15)7-5-9-4-3-6-12-8-9/h3-4,6,8H,5,7H2,1-2H3,(H,13,14). The van der Waals surface area contributed by atoms with E-state index in [0.29, 0.717) is 12.2 Å². The Bertz CT molecular complexity index is 389. The number of aryl methyl sites for hydroxylation is 1. The van der Waals surface area contributed by atoms with Crippen molar-refractivity contribution in [2.75, 3.05) is 5.75 Å². The van der Waals surface area contributed by atoms with Crippen LogP contribution in [0.1, 0.15) is 19.4 Å². The lowest BCUT2D eigenvalue weighted by Gasteiger charge is -2.18. The van der Waals surface area contributed by atoms with Crippen LogP contribution in [-0.4, -0.2) is 30.8 Å². The van der Waals surface area contributed by atoms with E-state index in [0.717, 1.165) is 5.56 Å². The molecule has 88 valence electrons. The second kappa shape index (κ2) is 5.21. The van der Waals surface area contributed by atoms with Crippen molar-refractivity contribution in [3.8, 4) is 0 Å². The van der Waals surface area contributed by atoms with Gasteiger partial charge in [0.25, 0.3) is 0 Å². The Balaban J connectivity index is 2.57. The van der Waals surface area contributed by atoms with Crippen LogP contribution in [0.4, 0.5) is 0 Å². The van der Waals surface area contributed by atoms with Crippen LogP contribution in [0.2, 0.25) is 0 Å². The van der Waals surface area contributed by atoms with Gasteiger partial charge in [-0.05, 0) is 31.9 Å². The third-order valence-electron chi connectivity index (χ3n) is 2.38. The molecule has 16 heavy (non-hydrogen) atoms. The third kappa shape index (κ3) is 3.13. The summed E-state index contributed by atoms with van der Waals surface area (Å²) in [5, 5.41) is 8.90. The highest BCUT2D eigenvalue weighted by molar-refractivity contribution is 7.87. The molecule has 0 saturated heterocycles. The van der Waals surface area contributed by atoms with Gasteiger partial charge in [-0.2, -0.15) is 0 Å². The van der Waals surface area contributed by atoms with E-state index < -0.39 is 21.5 Å². The van der Waals surface area contributed by atoms with E-state index in [2.05, 4.69) is 4.98 Å². The highest BCUT2D eigenvalue weighted by Gasteiger charge is 2.33. The normalized spacial score (nSPS) is 13.4. The van der Waals surface area contributed by atoms with E-state index in [1.165, 1.54) is 13.8 Å². The molecule has 0 aliphatic carbocycles. The zero-order chi connectivity index (χ0) is 12.2. The summed E-state index contributed by atoms with van der Waals surface area (Å²) in [6.45, 7) is 2.96. The number of pyridine rings is 1. The summed E-state index contributed by atoms with van der Waals surface area (Å²) in [7, 11) is -1.39. The number of rotatable bonds is 5. The first-order valence-electron chi connectivity index (χ1n) is 4.95. The first kappa shape index (κ1) is 12.8. The van der Waals surface area contributed by atoms with Crippen LogP contribution in [0.15, 0.2) is 24.5 Å². The molecule has 1 heterocycles. The number of hydrogen-bond acceptors (Lipinski definition) is 3. The molecule has 1 N–H and O–H groups in total. The first-order valence-corrected chi connectivity index (χ1v) is 6.27. The van der Waals surface area contributed by atoms with Crippen molar-refractivity contribution in [1.29, 1.82) is 0 Å². The minimum atomic E-state index is -1.39. The molecule has 0 radical (unpaired) electrons. The average molecular weight is 241 g/mol. The smallest absolute Gasteiger partial charge is 0.321 e. The van der Waals surface area contributed by atoms with Crippen LogP contribution in [0.5, 0.6) is 0 Å². The second-order valence-electron chi connectivity index (χ2n) is 3.98. The van der Waals surface area contributed by atoms with Gasteiger partial charge in [0.1, 0.15) is 4.75 Å². The maximum absolute atomic E-state index is 11.8. The number of nitrogens with zero attached hydrogens (tertiary/aromatic N) is 1. The first-order chi connectivity index (χ1) is 7.44. The number of hydrogen-bond donors (Lipinski definition) is 1. The predicted octanol–water partition coefficient (Wildman–Crippen LogP) is 1.24. The average Bonchev–Trinajstić information content (AvgIpc) is 2.27. The fourth-order valence-electron chi connectivity index (χ4n) is 1.11. The van der Waals surface area contributed by atoms with Crippen molar-refractivity contribution in [2.45, 2.75) is 25.0 Å². The summed E-state index contributed by atoms with van der Waals surface area (Å²) in [6.07, 6.45) is 3.95. The summed E-state index contributed by atoms with van der Waals surface area (Å²) in [6, 6.07) is 3.69. The fourth-order valence-corrected chi connectivity index (χ4v) is 2.24. The van der Waals surface area contributed by atoms with Crippen molar-refractivity contribution in [1.82, 2.24) is 4.98 Å². The molecule has 4 nitrogen and oxygen atoms in total. The molecule has 0 spiro atoms. The van der Waals surface area contributed by atoms with E-state index in [1.807, 2.05) is 6.07 Å². The molecule has 0 aliphatic heterocycles. The number of carboxylic acid groups (broad SMARTS) is 1. The predicted molar refractivity (Wildman–Crippen MR) is 62.7 cm³/mol. The molecule has 0 aromatic carbocycles. The van der Waals surface area contributed by atoms with Crippen LogP contribution in [0.3, 0.4) is 0 Å². The van der Waals surface area contributed by atoms with Crippen LogP contribution >= 0.6 is 0 Å². The monoisotopic (exact) mass is 241 g/mol. The SMILES string of the molecule is CC(C)(C(=O)O)S(=O)CCc1cccnc1. The van der Waals surface area contributed by atoms with Gasteiger partial charge in [-0.25, -0.2) is 0 Å². The summed E-state index contributed by atoms with van der Waals surface area (Å²) >= 11 is 0. The Morgan fingerprint density at radius 2 is 2.25 bits per heavy atom. The molecular formula is C11H15NO3S. The molecule has 0 saturated carbocycles. The second-order valence-corrected chi connectivity index (χ2v) is 6.10. The number of aromatic nitrogens is 1. The Morgan fingerprint density at radius 3 is 2.75 bits per heavy atom. The Kier molecular flexibility index (Phi) is 4.18. The molecule has 0 amide bonds. The van der Waals surface area contributed by atoms with Gasteiger partial charge < -0.3 is 5.11 Å². The summed E-state index contributed by atoms with van der Waals surface area (Å²) in [5.41, 5.74) is 0.969. The largest absolute Gasteiger partial charge is 0.480 e. The lowest BCUT2D eigenvalue weighted by molar-refractivity contribution is -0.139. The molecule has 0 aliphatic rings. The van der Waals surface area contributed by atoms with Gasteiger partial charge in [-0.3, -0.25) is 14.0 Å². The molecule has 0 bridgehead atoms. The topological polar surface area (TPSA) is 67.3 Å². The van der Waals surface area contributed by atoms with E-state index >= 15 is 0 Å². The molecule has 1 unspecified atom stereocenters. The highest BCUT2D eigenvalue weighted by atomic mass is 32.2. The summed E-state index contributed by atoms with van der Waals surface area (Å²) < 4.78 is 10.6. The minimum Gasteiger partial charge on any atom is -0.480 e. The van der Waals surface area contributed by atoms with E-state index in [1.54, 1.807) is 18.5 Å². The molecule has 1 atom stereocenters. The van der Waals surface area contributed by atoms with Crippen molar-refractivity contribution >= 4 is 16.8 Å². The van der Waals surface area contributed by atoms with E-state index in [-0.39, 0.29) is 0 Å². The summed E-state index contributed by atoms with van der Waals surface area (Å²) in [5.74, 6) is -0.692. The van der Waals surface area contributed by atoms with Gasteiger partial charge in [0.05, 0.1) is 0 Å². The van der Waals surface area contributed by atoms with E-state index in [9.17, 15) is 9.00 Å². The van der Waals surface area contributed by atoms with Crippen molar-refractivity contribution in [3.63, 3.8) is 0 Å². The van der Waals surface area contributed by atoms with Crippen molar-refractivity contribution in [2.24, 2.45) is 0 Å². The van der Waals surface area contributed by atoms with Gasteiger partial charge >= 0.3 is 5.97 Å². The fraction of sp³-hybridized carbons (Fsp3) is 0.455. The lowest BCUT2D eigenvalue weighted by atomic mass is 10.2. The summed E-state index contributed by atoms with van der Waals surface area (Å²) in [4.78, 5) is 14.8. The number of carboxylic acids is 1. The number of carbonyl (C=O) groups is 1. The molecule has 1 aromatic heterocycles. The molecule has 1 aromatic rings. The van der Waals surface area contributed by atoms with Gasteiger partial charge in [0.15, 0.2) is 0 Å². The Hall–Kier alpha value is -1.23. The van der Waals surface area contributed by atoms with Gasteiger partial charge in [0.2, 0.25) is 0 Å². The maximum atomic E-state index is 11.8. The Labute approximate surface area is 97.2 Å². The molecule has 1 rings (SSSR count). The van der Waals surface area contributed by atoms with Crippen LogP contribution in [0, 0.1) is 0 Å². The third-order valence-corrected chi connectivity index (χ3v) is 4.27. The molecule has 0 fully saturated rings. The highest BCUT2D eigenvalue weighted by Crippen LogP contribution is 2.14. The number of aliphatic carboxylic acids is 1. The van der Waals surface area contributed by atoms with Crippen LogP contribution in [0.25, 0.3) is 0 Å². The van der Waals surface area contributed by atoms with Crippen molar-refractivity contribution < 1.29 is 14.1 Å². The molecule has 5 heteroatoms. The lowest BCUT2D eigenvalue weighted by Crippen LogP contribution is -2.38. The molecular weight excluding hydrogens is 226 g/mol. The minimum absolute atomic E-state index is 0.338. The zero-order valence-corrected chi connectivity index (χ0v) is 10.2. The Morgan fingerprint density at radius 1 is 1.56 bits per heavy atom. The maximum Gasteiger partial charge on any atom is 0.321 e. The van der Waals surface area contributed by atoms with Crippen molar-refractivity contribution in [3.05, 3.63) is 30.1 Å². The van der Waals surface area contributed by atoms with Gasteiger partial charge in [-0.15, -0.1) is 0 Å². The van der Waals surface area contributed by atoms with Crippen LogP contribution < -0.4 is 0 Å². The quantitative estimate of drug-likeness (QED) is 0.842. The van der Waals surface area contributed by atoms with Crippen LogP contribution in [-0.2, 0) is 22.0 Å². The zero-order valence-electron chi connectivity index (χ0n) is 9.34. The van der Waals surface area contributed by atoms with E-state index in [4.69, 9.17) is 5.11 Å². The van der Waals surface area contributed by atoms with Gasteiger partial charge in [0, 0.05) is 28.9 Å².